The highest BCUT2D eigenvalue weighted by Crippen LogP contribution is 2.35. The molecule has 0 bridgehead atoms. The second-order valence-corrected chi connectivity index (χ2v) is 8.77. The number of amides is 1. The molecule has 0 spiro atoms. The van der Waals surface area contributed by atoms with Crippen molar-refractivity contribution >= 4 is 12.1 Å². The quantitative estimate of drug-likeness (QED) is 0.546. The van der Waals surface area contributed by atoms with Crippen molar-refractivity contribution < 1.29 is 27.8 Å². The van der Waals surface area contributed by atoms with Gasteiger partial charge in [-0.2, -0.15) is 0 Å². The van der Waals surface area contributed by atoms with E-state index < -0.39 is 35.3 Å². The van der Waals surface area contributed by atoms with Crippen LogP contribution in [0.3, 0.4) is 0 Å². The first-order valence-electron chi connectivity index (χ1n) is 10.5. The Kier molecular flexibility index (Phi) is 7.99. The molecule has 0 radical (unpaired) electrons. The van der Waals surface area contributed by atoms with Gasteiger partial charge in [-0.05, 0) is 82.9 Å². The average Bonchev–Trinajstić information content (AvgIpc) is 2.65. The number of rotatable bonds is 6. The molecule has 0 fully saturated rings. The maximum Gasteiger partial charge on any atom is 0.408 e. The van der Waals surface area contributed by atoms with Gasteiger partial charge in [0.05, 0.1) is 19.1 Å². The first-order chi connectivity index (χ1) is 14.8. The SMILES string of the molecule is CCOC(=O)CC(NC(=O)OC(C)(C)C)c1cc(-c2ccc(C)cc2F)c(C)c(C)c1F. The third-order valence-corrected chi connectivity index (χ3v) is 5.01. The van der Waals surface area contributed by atoms with Crippen molar-refractivity contribution in [3.63, 3.8) is 0 Å². The summed E-state index contributed by atoms with van der Waals surface area (Å²) in [6, 6.07) is 5.23. The number of aryl methyl sites for hydroxylation is 1. The summed E-state index contributed by atoms with van der Waals surface area (Å²) in [6.07, 6.45) is -1.10. The van der Waals surface area contributed by atoms with E-state index in [1.165, 1.54) is 12.1 Å². The molecule has 174 valence electrons. The van der Waals surface area contributed by atoms with Crippen LogP contribution in [-0.2, 0) is 14.3 Å². The molecule has 2 rings (SSSR count). The summed E-state index contributed by atoms with van der Waals surface area (Å²) < 4.78 is 40.4. The number of esters is 1. The van der Waals surface area contributed by atoms with Gasteiger partial charge < -0.3 is 14.8 Å². The molecule has 2 aromatic carbocycles. The summed E-state index contributed by atoms with van der Waals surface area (Å²) in [6.45, 7) is 12.0. The second-order valence-electron chi connectivity index (χ2n) is 8.77. The molecule has 1 amide bonds. The van der Waals surface area contributed by atoms with Gasteiger partial charge in [0.25, 0.3) is 0 Å². The van der Waals surface area contributed by atoms with Gasteiger partial charge in [-0.25, -0.2) is 13.6 Å². The first-order valence-corrected chi connectivity index (χ1v) is 10.5. The van der Waals surface area contributed by atoms with Crippen molar-refractivity contribution in [3.05, 3.63) is 58.2 Å². The molecule has 0 aliphatic heterocycles. The molecule has 1 unspecified atom stereocenters. The van der Waals surface area contributed by atoms with Crippen molar-refractivity contribution in [2.75, 3.05) is 6.61 Å². The van der Waals surface area contributed by atoms with Gasteiger partial charge in [0.2, 0.25) is 0 Å². The third-order valence-electron chi connectivity index (χ3n) is 5.01. The van der Waals surface area contributed by atoms with Crippen LogP contribution < -0.4 is 5.32 Å². The fraction of sp³-hybridized carbons (Fsp3) is 0.440. The maximum absolute atomic E-state index is 15.4. The molecule has 0 aliphatic rings. The number of carbonyl (C=O) groups excluding carboxylic acids is 2. The number of benzene rings is 2. The summed E-state index contributed by atoms with van der Waals surface area (Å²) >= 11 is 0. The molecule has 5 nitrogen and oxygen atoms in total. The lowest BCUT2D eigenvalue weighted by Gasteiger charge is -2.25. The highest BCUT2D eigenvalue weighted by molar-refractivity contribution is 5.75. The standard InChI is InChI=1S/C25H31F2NO4/c1-8-31-22(29)13-21(28-24(30)32-25(5,6)7)19-12-18(15(3)16(4)23(19)27)17-10-9-14(2)11-20(17)26/h9-12,21H,8,13H2,1-7H3,(H,28,30). The largest absolute Gasteiger partial charge is 0.466 e. The van der Waals surface area contributed by atoms with Gasteiger partial charge in [-0.15, -0.1) is 0 Å². The molecule has 0 aliphatic carbocycles. The summed E-state index contributed by atoms with van der Waals surface area (Å²) in [7, 11) is 0. The lowest BCUT2D eigenvalue weighted by atomic mass is 9.90. The van der Waals surface area contributed by atoms with Crippen molar-refractivity contribution in [1.82, 2.24) is 5.32 Å². The van der Waals surface area contributed by atoms with Crippen molar-refractivity contribution in [2.24, 2.45) is 0 Å². The summed E-state index contributed by atoms with van der Waals surface area (Å²) in [5.74, 6) is -1.62. The van der Waals surface area contributed by atoms with E-state index in [0.29, 0.717) is 22.3 Å². The van der Waals surface area contributed by atoms with Crippen LogP contribution in [0.1, 0.15) is 62.4 Å². The van der Waals surface area contributed by atoms with E-state index in [4.69, 9.17) is 9.47 Å². The maximum atomic E-state index is 15.4. The van der Waals surface area contributed by atoms with Gasteiger partial charge in [0.15, 0.2) is 0 Å². The van der Waals surface area contributed by atoms with Gasteiger partial charge in [0, 0.05) is 11.1 Å². The average molecular weight is 448 g/mol. The number of halogens is 2. The van der Waals surface area contributed by atoms with Crippen LogP contribution >= 0.6 is 0 Å². The predicted octanol–water partition coefficient (Wildman–Crippen LogP) is 6.08. The molecular formula is C25H31F2NO4. The predicted molar refractivity (Wildman–Crippen MR) is 119 cm³/mol. The summed E-state index contributed by atoms with van der Waals surface area (Å²) in [5, 5.41) is 2.57. The Balaban J connectivity index is 2.59. The number of carbonyl (C=O) groups is 2. The molecule has 1 atom stereocenters. The zero-order valence-corrected chi connectivity index (χ0v) is 19.7. The minimum atomic E-state index is -1.06. The highest BCUT2D eigenvalue weighted by atomic mass is 19.1. The Bertz CT molecular complexity index is 1010. The minimum absolute atomic E-state index is 0.0574. The fourth-order valence-electron chi connectivity index (χ4n) is 3.36. The van der Waals surface area contributed by atoms with Crippen LogP contribution in [0, 0.1) is 32.4 Å². The van der Waals surface area contributed by atoms with E-state index in [-0.39, 0.29) is 18.6 Å². The van der Waals surface area contributed by atoms with E-state index in [2.05, 4.69) is 5.32 Å². The third kappa shape index (κ3) is 6.28. The molecule has 0 saturated heterocycles. The topological polar surface area (TPSA) is 64.6 Å². The molecule has 0 heterocycles. The van der Waals surface area contributed by atoms with Crippen molar-refractivity contribution in [1.29, 1.82) is 0 Å². The smallest absolute Gasteiger partial charge is 0.408 e. The van der Waals surface area contributed by atoms with Crippen LogP contribution in [0.15, 0.2) is 24.3 Å². The molecule has 32 heavy (non-hydrogen) atoms. The molecule has 0 aromatic heterocycles. The minimum Gasteiger partial charge on any atom is -0.466 e. The van der Waals surface area contributed by atoms with Crippen LogP contribution in [0.25, 0.3) is 11.1 Å². The summed E-state index contributed by atoms with van der Waals surface area (Å²) in [5.41, 5.74) is 1.70. The number of nitrogens with one attached hydrogen (secondary N) is 1. The summed E-state index contributed by atoms with van der Waals surface area (Å²) in [4.78, 5) is 24.6. The van der Waals surface area contributed by atoms with Crippen LogP contribution in [-0.4, -0.2) is 24.3 Å². The van der Waals surface area contributed by atoms with E-state index >= 15 is 4.39 Å². The second kappa shape index (κ2) is 10.1. The van der Waals surface area contributed by atoms with E-state index in [1.54, 1.807) is 60.6 Å². The number of alkyl carbamates (subject to hydrolysis) is 1. The highest BCUT2D eigenvalue weighted by Gasteiger charge is 2.27. The van der Waals surface area contributed by atoms with Gasteiger partial charge in [-0.3, -0.25) is 4.79 Å². The van der Waals surface area contributed by atoms with Gasteiger partial charge in [-0.1, -0.05) is 12.1 Å². The number of hydrogen-bond acceptors (Lipinski definition) is 4. The first kappa shape index (κ1) is 25.3. The van der Waals surface area contributed by atoms with Gasteiger partial charge >= 0.3 is 12.1 Å². The fourth-order valence-corrected chi connectivity index (χ4v) is 3.36. The Hall–Kier alpha value is -2.96. The molecule has 2 aromatic rings. The van der Waals surface area contributed by atoms with Crippen LogP contribution in [0.4, 0.5) is 13.6 Å². The Morgan fingerprint density at radius 1 is 1.03 bits per heavy atom. The van der Waals surface area contributed by atoms with Crippen molar-refractivity contribution in [2.45, 2.75) is 66.5 Å². The zero-order chi connectivity index (χ0) is 24.2. The van der Waals surface area contributed by atoms with Crippen LogP contribution in [0.2, 0.25) is 0 Å². The van der Waals surface area contributed by atoms with Crippen molar-refractivity contribution in [3.8, 4) is 11.1 Å². The monoisotopic (exact) mass is 447 g/mol. The Morgan fingerprint density at radius 3 is 2.25 bits per heavy atom. The Labute approximate surface area is 188 Å². The zero-order valence-electron chi connectivity index (χ0n) is 19.7. The Morgan fingerprint density at radius 2 is 1.69 bits per heavy atom. The number of hydrogen-bond donors (Lipinski definition) is 1. The molecule has 0 saturated carbocycles. The van der Waals surface area contributed by atoms with E-state index in [9.17, 15) is 14.0 Å². The lowest BCUT2D eigenvalue weighted by molar-refractivity contribution is -0.143. The number of ether oxygens (including phenoxy) is 2. The van der Waals surface area contributed by atoms with E-state index in [1.807, 2.05) is 0 Å². The molecule has 7 heteroatoms. The molecule has 1 N–H and O–H groups in total. The normalized spacial score (nSPS) is 12.3. The van der Waals surface area contributed by atoms with Crippen LogP contribution in [0.5, 0.6) is 0 Å². The van der Waals surface area contributed by atoms with E-state index in [0.717, 1.165) is 5.56 Å². The molecular weight excluding hydrogens is 416 g/mol. The lowest BCUT2D eigenvalue weighted by Crippen LogP contribution is -2.36. The van der Waals surface area contributed by atoms with Gasteiger partial charge in [0.1, 0.15) is 17.2 Å².